The Morgan fingerprint density at radius 2 is 1.84 bits per heavy atom. The van der Waals surface area contributed by atoms with E-state index in [1.165, 1.54) is 6.42 Å². The molecule has 1 amide bonds. The number of amides is 1. The van der Waals surface area contributed by atoms with Crippen molar-refractivity contribution < 1.29 is 15.4 Å². The van der Waals surface area contributed by atoms with Crippen LogP contribution in [0.3, 0.4) is 0 Å². The Morgan fingerprint density at radius 3 is 2.40 bits per heavy atom. The van der Waals surface area contributed by atoms with Crippen LogP contribution in [0.4, 0.5) is 0 Å². The zero-order chi connectivity index (χ0) is 16.0. The Hall–Kier alpha value is -0.870. The molecule has 1 aliphatic heterocycles. The summed E-state index contributed by atoms with van der Waals surface area (Å²) >= 11 is 0. The number of aliphatic hydroxyl groups is 1. The van der Waals surface area contributed by atoms with Crippen LogP contribution >= 0.6 is 12.4 Å². The van der Waals surface area contributed by atoms with Gasteiger partial charge in [0.15, 0.2) is 0 Å². The van der Waals surface area contributed by atoms with Gasteiger partial charge in [0.25, 0.3) is 0 Å². The second kappa shape index (κ2) is 5.82. The van der Waals surface area contributed by atoms with Gasteiger partial charge in [-0.05, 0) is 74.5 Å². The van der Waals surface area contributed by atoms with E-state index in [1.54, 1.807) is 4.90 Å². The van der Waals surface area contributed by atoms with Gasteiger partial charge in [-0.1, -0.05) is 0 Å². The van der Waals surface area contributed by atoms with Gasteiger partial charge in [0, 0.05) is 6.04 Å². The minimum Gasteiger partial charge on any atom is -0.412 e. The standard InChI is InChI=1S/C18H25N3O2.ClH.H2O/c19-8-13-2-12-3-14(12)21(13)16(22)15(20)17-4-10-1-11(5-17)7-18(23,6-10)9-17;;/h10-15,23H,1-7,9,20H2;1H;1H2/t10?,11?,12-,13+,14+,15-,17?,18?;;/m1../s1. The maximum atomic E-state index is 13.1. The molecule has 0 radical (unpaired) electrons. The molecule has 5 aliphatic carbocycles. The normalized spacial score (nSPS) is 49.5. The highest BCUT2D eigenvalue weighted by Gasteiger charge is 2.62. The second-order valence-corrected chi connectivity index (χ2v) is 9.21. The summed E-state index contributed by atoms with van der Waals surface area (Å²) in [5.41, 5.74) is 5.71. The predicted octanol–water partition coefficient (Wildman–Crippen LogP) is 0.755. The molecule has 25 heavy (non-hydrogen) atoms. The lowest BCUT2D eigenvalue weighted by molar-refractivity contribution is -0.177. The molecule has 2 unspecified atom stereocenters. The van der Waals surface area contributed by atoms with Gasteiger partial charge < -0.3 is 21.2 Å². The van der Waals surface area contributed by atoms with E-state index in [-0.39, 0.29) is 41.3 Å². The number of nitrogens with zero attached hydrogens (tertiary/aromatic N) is 2. The summed E-state index contributed by atoms with van der Waals surface area (Å²) in [6.07, 6.45) is 7.48. The summed E-state index contributed by atoms with van der Waals surface area (Å²) in [5, 5.41) is 20.2. The number of carbonyl (C=O) groups is 1. The SMILES string of the molecule is Cl.N#C[C@@H]1C[C@@H]2C[C@@H]2N1C(=O)[C@@H](N)C12CC3CC(CC(O)(C3)C1)C2.O. The third-order valence-corrected chi connectivity index (χ3v) is 7.51. The molecule has 4 bridgehead atoms. The lowest BCUT2D eigenvalue weighted by atomic mass is 9.46. The molecule has 0 aromatic carbocycles. The summed E-state index contributed by atoms with van der Waals surface area (Å²) in [4.78, 5) is 14.9. The van der Waals surface area contributed by atoms with E-state index in [0.717, 1.165) is 38.5 Å². The van der Waals surface area contributed by atoms with Gasteiger partial charge >= 0.3 is 0 Å². The van der Waals surface area contributed by atoms with Crippen molar-refractivity contribution in [3.05, 3.63) is 0 Å². The van der Waals surface area contributed by atoms with Crippen molar-refractivity contribution >= 4 is 18.3 Å². The number of halogens is 1. The van der Waals surface area contributed by atoms with Crippen molar-refractivity contribution in [3.63, 3.8) is 0 Å². The Labute approximate surface area is 154 Å². The molecular weight excluding hydrogens is 342 g/mol. The number of carbonyl (C=O) groups excluding carboxylic acids is 1. The van der Waals surface area contributed by atoms with Gasteiger partial charge in [-0.3, -0.25) is 4.79 Å². The minimum atomic E-state index is -0.594. The monoisotopic (exact) mass is 369 g/mol. The van der Waals surface area contributed by atoms with Crippen molar-refractivity contribution in [2.24, 2.45) is 28.9 Å². The Bertz CT molecular complexity index is 607. The molecule has 0 spiro atoms. The molecule has 6 aliphatic rings. The molecular formula is C18H28ClN3O3. The number of hydrogen-bond acceptors (Lipinski definition) is 4. The van der Waals surface area contributed by atoms with Crippen molar-refractivity contribution in [2.75, 3.05) is 0 Å². The molecule has 140 valence electrons. The second-order valence-electron chi connectivity index (χ2n) is 9.21. The van der Waals surface area contributed by atoms with E-state index in [2.05, 4.69) is 6.07 Å². The lowest BCUT2D eigenvalue weighted by Gasteiger charge is -2.61. The molecule has 1 heterocycles. The van der Waals surface area contributed by atoms with Crippen LogP contribution in [-0.2, 0) is 4.79 Å². The Balaban J connectivity index is 0.000000911. The van der Waals surface area contributed by atoms with Gasteiger partial charge in [0.1, 0.15) is 6.04 Å². The highest BCUT2D eigenvalue weighted by Crippen LogP contribution is 2.63. The van der Waals surface area contributed by atoms with Crippen LogP contribution in [-0.4, -0.2) is 45.1 Å². The maximum Gasteiger partial charge on any atom is 0.241 e. The number of piperidine rings is 1. The van der Waals surface area contributed by atoms with Gasteiger partial charge in [-0.15, -0.1) is 12.4 Å². The Morgan fingerprint density at radius 1 is 1.20 bits per heavy atom. The number of fused-ring (bicyclic) bond motifs is 1. The minimum absolute atomic E-state index is 0. The first-order valence-electron chi connectivity index (χ1n) is 9.13. The van der Waals surface area contributed by atoms with Crippen LogP contribution in [0.5, 0.6) is 0 Å². The highest BCUT2D eigenvalue weighted by atomic mass is 35.5. The van der Waals surface area contributed by atoms with Gasteiger partial charge in [-0.25, -0.2) is 0 Å². The number of hydrogen-bond donors (Lipinski definition) is 2. The van der Waals surface area contributed by atoms with Crippen LogP contribution in [0.15, 0.2) is 0 Å². The van der Waals surface area contributed by atoms with Crippen LogP contribution < -0.4 is 5.73 Å². The van der Waals surface area contributed by atoms with Gasteiger partial charge in [-0.2, -0.15) is 5.26 Å². The fourth-order valence-corrected chi connectivity index (χ4v) is 6.96. The maximum absolute atomic E-state index is 13.1. The predicted molar refractivity (Wildman–Crippen MR) is 93.7 cm³/mol. The average molecular weight is 370 g/mol. The van der Waals surface area contributed by atoms with Crippen molar-refractivity contribution in [2.45, 2.75) is 75.1 Å². The van der Waals surface area contributed by atoms with E-state index >= 15 is 0 Å². The van der Waals surface area contributed by atoms with Crippen LogP contribution in [0.2, 0.25) is 0 Å². The molecule has 6 fully saturated rings. The number of rotatable bonds is 2. The van der Waals surface area contributed by atoms with E-state index in [1.807, 2.05) is 0 Å². The summed E-state index contributed by atoms with van der Waals surface area (Å²) < 4.78 is 0. The first-order chi connectivity index (χ1) is 10.9. The topological polar surface area (TPSA) is 122 Å². The van der Waals surface area contributed by atoms with Crippen molar-refractivity contribution in [3.8, 4) is 6.07 Å². The first-order valence-corrected chi connectivity index (χ1v) is 9.13. The first kappa shape index (κ1) is 18.9. The molecule has 1 saturated heterocycles. The third kappa shape index (κ3) is 2.59. The lowest BCUT2D eigenvalue weighted by Crippen LogP contribution is -2.64. The van der Waals surface area contributed by atoms with E-state index in [4.69, 9.17) is 5.73 Å². The fraction of sp³-hybridized carbons (Fsp3) is 0.889. The van der Waals surface area contributed by atoms with E-state index in [0.29, 0.717) is 24.2 Å². The molecule has 5 N–H and O–H groups in total. The molecule has 7 heteroatoms. The van der Waals surface area contributed by atoms with Gasteiger partial charge in [0.05, 0.1) is 17.7 Å². The molecule has 5 saturated carbocycles. The number of likely N-dealkylation sites (tertiary alicyclic amines) is 1. The molecule has 0 aromatic rings. The fourth-order valence-electron chi connectivity index (χ4n) is 6.96. The molecule has 6 rings (SSSR count). The quantitative estimate of drug-likeness (QED) is 0.745. The average Bonchev–Trinajstić information content (AvgIpc) is 3.14. The van der Waals surface area contributed by atoms with E-state index in [9.17, 15) is 15.2 Å². The smallest absolute Gasteiger partial charge is 0.241 e. The van der Waals surface area contributed by atoms with Crippen LogP contribution in [0, 0.1) is 34.5 Å². The number of nitriles is 1. The van der Waals surface area contributed by atoms with Crippen LogP contribution in [0.25, 0.3) is 0 Å². The Kier molecular flexibility index (Phi) is 4.40. The largest absolute Gasteiger partial charge is 0.412 e. The zero-order valence-corrected chi connectivity index (χ0v) is 15.2. The summed E-state index contributed by atoms with van der Waals surface area (Å²) in [7, 11) is 0. The van der Waals surface area contributed by atoms with Crippen LogP contribution in [0.1, 0.15) is 51.4 Å². The third-order valence-electron chi connectivity index (χ3n) is 7.51. The molecule has 0 aromatic heterocycles. The number of nitrogens with two attached hydrogens (primary N) is 1. The summed E-state index contributed by atoms with van der Waals surface area (Å²) in [6, 6.07) is 1.72. The molecule has 6 atom stereocenters. The summed E-state index contributed by atoms with van der Waals surface area (Å²) in [5.74, 6) is 1.56. The van der Waals surface area contributed by atoms with Crippen molar-refractivity contribution in [1.29, 1.82) is 5.26 Å². The molecule has 6 nitrogen and oxygen atoms in total. The van der Waals surface area contributed by atoms with Crippen molar-refractivity contribution in [1.82, 2.24) is 4.90 Å². The summed E-state index contributed by atoms with van der Waals surface area (Å²) in [6.45, 7) is 0. The highest BCUT2D eigenvalue weighted by molar-refractivity contribution is 5.85. The zero-order valence-electron chi connectivity index (χ0n) is 14.4. The van der Waals surface area contributed by atoms with Gasteiger partial charge in [0.2, 0.25) is 5.91 Å². The van der Waals surface area contributed by atoms with E-state index < -0.39 is 11.6 Å².